The Morgan fingerprint density at radius 1 is 1.67 bits per heavy atom. The highest BCUT2D eigenvalue weighted by molar-refractivity contribution is 7.90. The topological polar surface area (TPSA) is 47.0 Å². The van der Waals surface area contributed by atoms with Crippen LogP contribution in [0, 0.1) is 0 Å². The third-order valence-corrected chi connectivity index (χ3v) is 4.20. The molecular formula is C6H8ClNO2S2. The minimum absolute atomic E-state index is 0.000880. The van der Waals surface area contributed by atoms with Crippen molar-refractivity contribution in [3.63, 3.8) is 0 Å². The van der Waals surface area contributed by atoms with Gasteiger partial charge in [-0.25, -0.2) is 13.4 Å². The van der Waals surface area contributed by atoms with E-state index in [1.807, 2.05) is 0 Å². The molecule has 0 amide bonds. The Bertz CT molecular complexity index is 357. The van der Waals surface area contributed by atoms with E-state index in [0.29, 0.717) is 9.34 Å². The first-order chi connectivity index (χ1) is 5.53. The Morgan fingerprint density at radius 2 is 2.33 bits per heavy atom. The molecule has 0 aliphatic heterocycles. The van der Waals surface area contributed by atoms with Gasteiger partial charge in [-0.3, -0.25) is 0 Å². The van der Waals surface area contributed by atoms with Gasteiger partial charge in [-0.15, -0.1) is 11.3 Å². The number of aromatic nitrogens is 1. The molecule has 0 saturated heterocycles. The second kappa shape index (κ2) is 3.72. The normalized spacial score (nSPS) is 11.8. The fourth-order valence-electron chi connectivity index (χ4n) is 0.645. The van der Waals surface area contributed by atoms with Crippen LogP contribution < -0.4 is 0 Å². The average molecular weight is 226 g/mol. The molecule has 0 unspecified atom stereocenters. The van der Waals surface area contributed by atoms with E-state index in [1.165, 1.54) is 17.5 Å². The quantitative estimate of drug-likeness (QED) is 0.787. The summed E-state index contributed by atoms with van der Waals surface area (Å²) in [6.45, 7) is 1.62. The van der Waals surface area contributed by atoms with Gasteiger partial charge in [-0.05, 0) is 0 Å². The first-order valence-corrected chi connectivity index (χ1v) is 6.35. The third kappa shape index (κ3) is 2.73. The number of hydrogen-bond acceptors (Lipinski definition) is 4. The molecule has 0 aromatic carbocycles. The maximum Gasteiger partial charge on any atom is 0.156 e. The van der Waals surface area contributed by atoms with Crippen LogP contribution in [0.3, 0.4) is 0 Å². The molecule has 0 fully saturated rings. The fourth-order valence-corrected chi connectivity index (χ4v) is 2.83. The molecule has 0 saturated carbocycles. The van der Waals surface area contributed by atoms with Crippen LogP contribution >= 0.6 is 22.9 Å². The van der Waals surface area contributed by atoms with Crippen molar-refractivity contribution < 1.29 is 8.42 Å². The lowest BCUT2D eigenvalue weighted by atomic mass is 10.8. The van der Waals surface area contributed by atoms with Crippen LogP contribution in [-0.4, -0.2) is 19.2 Å². The van der Waals surface area contributed by atoms with Crippen molar-refractivity contribution in [2.45, 2.75) is 12.7 Å². The van der Waals surface area contributed by atoms with Gasteiger partial charge in [0.25, 0.3) is 0 Å². The van der Waals surface area contributed by atoms with Crippen molar-refractivity contribution in [1.82, 2.24) is 4.98 Å². The summed E-state index contributed by atoms with van der Waals surface area (Å²) in [7, 11) is -2.97. The van der Waals surface area contributed by atoms with Crippen LogP contribution in [0.4, 0.5) is 0 Å². The van der Waals surface area contributed by atoms with E-state index in [4.69, 9.17) is 11.6 Å². The second-order valence-electron chi connectivity index (χ2n) is 2.23. The number of nitrogens with zero attached hydrogens (tertiary/aromatic N) is 1. The zero-order valence-corrected chi connectivity index (χ0v) is 8.84. The van der Waals surface area contributed by atoms with E-state index in [0.717, 1.165) is 0 Å². The molecule has 1 heterocycles. The average Bonchev–Trinajstić information content (AvgIpc) is 2.35. The number of sulfone groups is 1. The summed E-state index contributed by atoms with van der Waals surface area (Å²) in [5.74, 6) is 0.144. The van der Waals surface area contributed by atoms with Crippen LogP contribution in [0.1, 0.15) is 11.9 Å². The van der Waals surface area contributed by atoms with Crippen molar-refractivity contribution in [1.29, 1.82) is 0 Å². The molecule has 68 valence electrons. The van der Waals surface area contributed by atoms with Crippen molar-refractivity contribution in [3.05, 3.63) is 15.5 Å². The Balaban J connectivity index is 2.77. The summed E-state index contributed by atoms with van der Waals surface area (Å²) in [5.41, 5.74) is 0. The van der Waals surface area contributed by atoms with Gasteiger partial charge >= 0.3 is 0 Å². The van der Waals surface area contributed by atoms with Crippen molar-refractivity contribution in [2.24, 2.45) is 0 Å². The zero-order valence-electron chi connectivity index (χ0n) is 6.45. The van der Waals surface area contributed by atoms with Crippen LogP contribution in [0.15, 0.2) is 6.20 Å². The highest BCUT2D eigenvalue weighted by Gasteiger charge is 2.11. The maximum absolute atomic E-state index is 11.1. The zero-order chi connectivity index (χ0) is 9.19. The van der Waals surface area contributed by atoms with Gasteiger partial charge in [0.1, 0.15) is 15.1 Å². The largest absolute Gasteiger partial charge is 0.247 e. The van der Waals surface area contributed by atoms with Gasteiger partial charge in [-0.1, -0.05) is 18.5 Å². The molecule has 12 heavy (non-hydrogen) atoms. The number of thiazole rings is 1. The molecule has 0 spiro atoms. The predicted molar refractivity (Wildman–Crippen MR) is 50.3 cm³/mol. The summed E-state index contributed by atoms with van der Waals surface area (Å²) in [6.07, 6.45) is 1.47. The molecule has 0 bridgehead atoms. The molecule has 0 aliphatic carbocycles. The first kappa shape index (κ1) is 9.95. The van der Waals surface area contributed by atoms with Crippen molar-refractivity contribution in [2.75, 3.05) is 5.75 Å². The molecule has 1 aromatic rings. The Kier molecular flexibility index (Phi) is 3.09. The molecule has 1 aromatic heterocycles. The molecule has 0 aliphatic rings. The van der Waals surface area contributed by atoms with E-state index in [2.05, 4.69) is 4.98 Å². The van der Waals surface area contributed by atoms with Gasteiger partial charge in [0, 0.05) is 5.75 Å². The third-order valence-electron chi connectivity index (χ3n) is 1.31. The number of rotatable bonds is 3. The molecule has 1 rings (SSSR count). The highest BCUT2D eigenvalue weighted by Crippen LogP contribution is 2.20. The van der Waals surface area contributed by atoms with E-state index < -0.39 is 9.84 Å². The lowest BCUT2D eigenvalue weighted by molar-refractivity contribution is 0.596. The second-order valence-corrected chi connectivity index (χ2v) is 6.33. The minimum Gasteiger partial charge on any atom is -0.247 e. The summed E-state index contributed by atoms with van der Waals surface area (Å²) in [5, 5.41) is 0.557. The van der Waals surface area contributed by atoms with Gasteiger partial charge < -0.3 is 0 Å². The van der Waals surface area contributed by atoms with Crippen molar-refractivity contribution >= 4 is 32.8 Å². The minimum atomic E-state index is -2.97. The SMILES string of the molecule is CCS(=O)(=O)Cc1ncc(Cl)s1. The van der Waals surface area contributed by atoms with Crippen molar-refractivity contribution in [3.8, 4) is 0 Å². The smallest absolute Gasteiger partial charge is 0.156 e. The standard InChI is InChI=1S/C6H8ClNO2S2/c1-2-12(9,10)4-6-8-3-5(7)11-6/h3H,2,4H2,1H3. The highest BCUT2D eigenvalue weighted by atomic mass is 35.5. The van der Waals surface area contributed by atoms with Crippen LogP contribution in [0.5, 0.6) is 0 Å². The van der Waals surface area contributed by atoms with Gasteiger partial charge in [0.05, 0.1) is 6.20 Å². The lowest BCUT2D eigenvalue weighted by Crippen LogP contribution is -2.05. The lowest BCUT2D eigenvalue weighted by Gasteiger charge is -1.94. The molecule has 0 N–H and O–H groups in total. The molecular weight excluding hydrogens is 218 g/mol. The monoisotopic (exact) mass is 225 g/mol. The number of halogens is 1. The van der Waals surface area contributed by atoms with Gasteiger partial charge in [-0.2, -0.15) is 0 Å². The van der Waals surface area contributed by atoms with E-state index >= 15 is 0 Å². The van der Waals surface area contributed by atoms with E-state index in [-0.39, 0.29) is 11.5 Å². The van der Waals surface area contributed by atoms with Gasteiger partial charge in [0.2, 0.25) is 0 Å². The molecule has 0 radical (unpaired) electrons. The first-order valence-electron chi connectivity index (χ1n) is 3.34. The summed E-state index contributed by atoms with van der Waals surface area (Å²) >= 11 is 6.80. The van der Waals surface area contributed by atoms with E-state index in [9.17, 15) is 8.42 Å². The molecule has 0 atom stereocenters. The van der Waals surface area contributed by atoms with Crippen LogP contribution in [0.2, 0.25) is 4.34 Å². The summed E-state index contributed by atoms with van der Waals surface area (Å²) in [4.78, 5) is 3.86. The Labute approximate surface area is 80.3 Å². The maximum atomic E-state index is 11.1. The van der Waals surface area contributed by atoms with Gasteiger partial charge in [0.15, 0.2) is 9.84 Å². The Hall–Kier alpha value is -0.130. The Morgan fingerprint density at radius 3 is 2.75 bits per heavy atom. The van der Waals surface area contributed by atoms with E-state index in [1.54, 1.807) is 6.92 Å². The summed E-state index contributed by atoms with van der Waals surface area (Å²) < 4.78 is 22.7. The number of hydrogen-bond donors (Lipinski definition) is 0. The molecule has 3 nitrogen and oxygen atoms in total. The fraction of sp³-hybridized carbons (Fsp3) is 0.500. The van der Waals surface area contributed by atoms with Crippen LogP contribution in [0.25, 0.3) is 0 Å². The van der Waals surface area contributed by atoms with Crippen LogP contribution in [-0.2, 0) is 15.6 Å². The predicted octanol–water partition coefficient (Wildman–Crippen LogP) is 1.73. The summed E-state index contributed by atoms with van der Waals surface area (Å²) in [6, 6.07) is 0. The molecule has 6 heteroatoms.